The van der Waals surface area contributed by atoms with Gasteiger partial charge < -0.3 is 15.4 Å². The van der Waals surface area contributed by atoms with E-state index in [1.807, 2.05) is 0 Å². The van der Waals surface area contributed by atoms with Crippen LogP contribution in [-0.4, -0.2) is 37.7 Å². The molecule has 1 fully saturated rings. The highest BCUT2D eigenvalue weighted by atomic mass is 16.5. The van der Waals surface area contributed by atoms with Crippen LogP contribution < -0.4 is 10.6 Å². The lowest BCUT2D eigenvalue weighted by Crippen LogP contribution is -2.52. The summed E-state index contributed by atoms with van der Waals surface area (Å²) in [4.78, 5) is 11.6. The molecular formula is C12H24N2O2. The lowest BCUT2D eigenvalue weighted by atomic mass is 10.00. The highest BCUT2D eigenvalue weighted by molar-refractivity contribution is 5.77. The summed E-state index contributed by atoms with van der Waals surface area (Å²) in [6.45, 7) is 6.16. The van der Waals surface area contributed by atoms with Crippen molar-refractivity contribution >= 4 is 5.91 Å². The summed E-state index contributed by atoms with van der Waals surface area (Å²) < 4.78 is 5.28. The summed E-state index contributed by atoms with van der Waals surface area (Å²) in [6, 6.07) is 0.629. The molecule has 1 rings (SSSR count). The van der Waals surface area contributed by atoms with E-state index in [2.05, 4.69) is 24.5 Å². The van der Waals surface area contributed by atoms with Gasteiger partial charge in [0.15, 0.2) is 0 Å². The average Bonchev–Trinajstić information content (AvgIpc) is 2.28. The zero-order valence-corrected chi connectivity index (χ0v) is 10.4. The van der Waals surface area contributed by atoms with Gasteiger partial charge in [0, 0.05) is 18.7 Å². The molecule has 0 saturated carbocycles. The van der Waals surface area contributed by atoms with Gasteiger partial charge in [0.1, 0.15) is 6.61 Å². The van der Waals surface area contributed by atoms with Gasteiger partial charge in [-0.2, -0.15) is 0 Å². The highest BCUT2D eigenvalue weighted by Gasteiger charge is 2.21. The first-order valence-electron chi connectivity index (χ1n) is 6.34. The van der Waals surface area contributed by atoms with E-state index in [-0.39, 0.29) is 18.6 Å². The van der Waals surface area contributed by atoms with E-state index in [1.165, 1.54) is 0 Å². The molecule has 1 saturated heterocycles. The SMILES string of the molecule is CCCCOCC(=O)NC1CCCNC1C. The fourth-order valence-electron chi connectivity index (χ4n) is 1.90. The standard InChI is InChI=1S/C12H24N2O2/c1-3-4-8-16-9-12(15)14-11-6-5-7-13-10(11)2/h10-11,13H,3-9H2,1-2H3,(H,14,15). The van der Waals surface area contributed by atoms with Crippen LogP contribution in [0.5, 0.6) is 0 Å². The van der Waals surface area contributed by atoms with Crippen LogP contribution in [-0.2, 0) is 9.53 Å². The molecule has 2 N–H and O–H groups in total. The Hall–Kier alpha value is -0.610. The van der Waals surface area contributed by atoms with Crippen molar-refractivity contribution in [1.82, 2.24) is 10.6 Å². The number of carbonyl (C=O) groups excluding carboxylic acids is 1. The molecule has 16 heavy (non-hydrogen) atoms. The Bertz CT molecular complexity index is 209. The summed E-state index contributed by atoms with van der Waals surface area (Å²) in [5.74, 6) is 0.0108. The lowest BCUT2D eigenvalue weighted by molar-refractivity contribution is -0.126. The maximum atomic E-state index is 11.6. The van der Waals surface area contributed by atoms with Gasteiger partial charge in [-0.1, -0.05) is 13.3 Å². The van der Waals surface area contributed by atoms with Gasteiger partial charge in [0.2, 0.25) is 5.91 Å². The van der Waals surface area contributed by atoms with Crippen molar-refractivity contribution in [3.05, 3.63) is 0 Å². The third-order valence-electron chi connectivity index (χ3n) is 2.98. The first-order valence-corrected chi connectivity index (χ1v) is 6.34. The van der Waals surface area contributed by atoms with E-state index < -0.39 is 0 Å². The maximum Gasteiger partial charge on any atom is 0.246 e. The molecule has 0 aromatic rings. The minimum atomic E-state index is 0.0108. The third kappa shape index (κ3) is 4.94. The van der Waals surface area contributed by atoms with Crippen LogP contribution in [0, 0.1) is 0 Å². The maximum absolute atomic E-state index is 11.6. The predicted octanol–water partition coefficient (Wildman–Crippen LogP) is 1.06. The van der Waals surface area contributed by atoms with Gasteiger partial charge in [0.05, 0.1) is 0 Å². The monoisotopic (exact) mass is 228 g/mol. The number of hydrogen-bond acceptors (Lipinski definition) is 3. The summed E-state index contributed by atoms with van der Waals surface area (Å²) >= 11 is 0. The molecule has 2 unspecified atom stereocenters. The Balaban J connectivity index is 2.12. The molecule has 4 heteroatoms. The number of rotatable bonds is 6. The highest BCUT2D eigenvalue weighted by Crippen LogP contribution is 2.07. The summed E-state index contributed by atoms with van der Waals surface area (Å²) in [5, 5.41) is 6.38. The number of carbonyl (C=O) groups is 1. The Kier molecular flexibility index (Phi) is 6.42. The summed E-state index contributed by atoms with van der Waals surface area (Å²) in [5.41, 5.74) is 0. The Morgan fingerprint density at radius 2 is 2.38 bits per heavy atom. The fraction of sp³-hybridized carbons (Fsp3) is 0.917. The second kappa shape index (κ2) is 7.63. The first kappa shape index (κ1) is 13.5. The van der Waals surface area contributed by atoms with Crippen molar-refractivity contribution in [1.29, 1.82) is 0 Å². The smallest absolute Gasteiger partial charge is 0.246 e. The summed E-state index contributed by atoms with van der Waals surface area (Å²) in [6.07, 6.45) is 4.32. The molecule has 0 aromatic carbocycles. The summed E-state index contributed by atoms with van der Waals surface area (Å²) in [7, 11) is 0. The number of nitrogens with one attached hydrogen (secondary N) is 2. The van der Waals surface area contributed by atoms with Crippen LogP contribution in [0.4, 0.5) is 0 Å². The number of amides is 1. The molecule has 0 aromatic heterocycles. The molecule has 0 spiro atoms. The van der Waals surface area contributed by atoms with Crippen LogP contribution in [0.2, 0.25) is 0 Å². The topological polar surface area (TPSA) is 50.4 Å². The molecule has 1 aliphatic heterocycles. The molecule has 94 valence electrons. The fourth-order valence-corrected chi connectivity index (χ4v) is 1.90. The van der Waals surface area contributed by atoms with Crippen LogP contribution in [0.3, 0.4) is 0 Å². The number of unbranched alkanes of at least 4 members (excludes halogenated alkanes) is 1. The number of hydrogen-bond donors (Lipinski definition) is 2. The number of ether oxygens (including phenoxy) is 1. The molecule has 1 aliphatic rings. The van der Waals surface area contributed by atoms with Crippen LogP contribution in [0.25, 0.3) is 0 Å². The van der Waals surface area contributed by atoms with Gasteiger partial charge in [-0.15, -0.1) is 0 Å². The molecule has 0 radical (unpaired) electrons. The van der Waals surface area contributed by atoms with Gasteiger partial charge >= 0.3 is 0 Å². The van der Waals surface area contributed by atoms with Crippen molar-refractivity contribution in [3.8, 4) is 0 Å². The zero-order valence-electron chi connectivity index (χ0n) is 10.4. The minimum Gasteiger partial charge on any atom is -0.372 e. The van der Waals surface area contributed by atoms with E-state index >= 15 is 0 Å². The molecule has 1 amide bonds. The van der Waals surface area contributed by atoms with Crippen molar-refractivity contribution in [2.24, 2.45) is 0 Å². The van der Waals surface area contributed by atoms with Crippen molar-refractivity contribution in [3.63, 3.8) is 0 Å². The largest absolute Gasteiger partial charge is 0.372 e. The van der Waals surface area contributed by atoms with Crippen molar-refractivity contribution in [2.75, 3.05) is 19.8 Å². The Labute approximate surface area is 98.1 Å². The second-order valence-corrected chi connectivity index (χ2v) is 4.47. The van der Waals surface area contributed by atoms with E-state index in [9.17, 15) is 4.79 Å². The molecular weight excluding hydrogens is 204 g/mol. The molecule has 0 bridgehead atoms. The zero-order chi connectivity index (χ0) is 11.8. The second-order valence-electron chi connectivity index (χ2n) is 4.47. The lowest BCUT2D eigenvalue weighted by Gasteiger charge is -2.30. The molecule has 2 atom stereocenters. The normalized spacial score (nSPS) is 25.4. The number of piperidine rings is 1. The predicted molar refractivity (Wildman–Crippen MR) is 64.4 cm³/mol. The quantitative estimate of drug-likeness (QED) is 0.668. The van der Waals surface area contributed by atoms with Crippen LogP contribution in [0.15, 0.2) is 0 Å². The minimum absolute atomic E-state index is 0.0108. The van der Waals surface area contributed by atoms with E-state index in [1.54, 1.807) is 0 Å². The van der Waals surface area contributed by atoms with E-state index in [0.717, 1.165) is 32.2 Å². The van der Waals surface area contributed by atoms with Gasteiger partial charge in [0.25, 0.3) is 0 Å². The Morgan fingerprint density at radius 1 is 1.56 bits per heavy atom. The van der Waals surface area contributed by atoms with E-state index in [4.69, 9.17) is 4.74 Å². The Morgan fingerprint density at radius 3 is 3.06 bits per heavy atom. The molecule has 1 heterocycles. The average molecular weight is 228 g/mol. The van der Waals surface area contributed by atoms with Gasteiger partial charge in [-0.3, -0.25) is 4.79 Å². The van der Waals surface area contributed by atoms with E-state index in [0.29, 0.717) is 12.6 Å². The first-order chi connectivity index (χ1) is 7.74. The van der Waals surface area contributed by atoms with Crippen molar-refractivity contribution < 1.29 is 9.53 Å². The molecule has 4 nitrogen and oxygen atoms in total. The molecule has 0 aliphatic carbocycles. The third-order valence-corrected chi connectivity index (χ3v) is 2.98. The van der Waals surface area contributed by atoms with Crippen LogP contribution in [0.1, 0.15) is 39.5 Å². The van der Waals surface area contributed by atoms with Gasteiger partial charge in [-0.05, 0) is 32.7 Å². The van der Waals surface area contributed by atoms with Gasteiger partial charge in [-0.25, -0.2) is 0 Å². The van der Waals surface area contributed by atoms with Crippen LogP contribution >= 0.6 is 0 Å². The van der Waals surface area contributed by atoms with Crippen molar-refractivity contribution in [2.45, 2.75) is 51.6 Å².